The summed E-state index contributed by atoms with van der Waals surface area (Å²) < 4.78 is 43.3. The zero-order chi connectivity index (χ0) is 14.0. The summed E-state index contributed by atoms with van der Waals surface area (Å²) in [6.07, 6.45) is 0. The highest BCUT2D eigenvalue weighted by Gasteiger charge is 2.22. The van der Waals surface area contributed by atoms with Crippen LogP contribution < -0.4 is 0 Å². The van der Waals surface area contributed by atoms with Gasteiger partial charge in [-0.05, 0) is 24.3 Å². The van der Waals surface area contributed by atoms with E-state index in [1.54, 1.807) is 6.92 Å². The fourth-order valence-corrected chi connectivity index (χ4v) is 2.58. The number of aromatic nitrogens is 2. The first kappa shape index (κ1) is 13.6. The van der Waals surface area contributed by atoms with Crippen molar-refractivity contribution in [1.29, 1.82) is 0 Å². The first-order valence-corrected chi connectivity index (χ1v) is 6.84. The highest BCUT2D eigenvalue weighted by molar-refractivity contribution is 7.89. The van der Waals surface area contributed by atoms with Gasteiger partial charge in [-0.3, -0.25) is 0 Å². The Hall–Kier alpha value is -1.80. The second kappa shape index (κ2) is 5.06. The summed E-state index contributed by atoms with van der Waals surface area (Å²) in [6.45, 7) is 1.57. The minimum atomic E-state index is -3.71. The molecule has 0 saturated carbocycles. The second-order valence-corrected chi connectivity index (χ2v) is 5.97. The zero-order valence-corrected chi connectivity index (χ0v) is 11.2. The number of aryl methyl sites for hydroxylation is 1. The van der Waals surface area contributed by atoms with E-state index >= 15 is 0 Å². The summed E-state index contributed by atoms with van der Waals surface area (Å²) in [5, 5.41) is 7.34. The van der Waals surface area contributed by atoms with E-state index in [2.05, 4.69) is 10.2 Å². The molecule has 0 radical (unpaired) electrons. The van der Waals surface area contributed by atoms with Gasteiger partial charge in [0.05, 0.1) is 11.4 Å². The molecular weight excluding hydrogens is 273 g/mol. The molecule has 0 N–H and O–H groups in total. The van der Waals surface area contributed by atoms with Crippen molar-refractivity contribution in [2.45, 2.75) is 18.4 Å². The first-order valence-electron chi connectivity index (χ1n) is 5.40. The van der Waals surface area contributed by atoms with Gasteiger partial charge in [-0.15, -0.1) is 10.2 Å². The maximum atomic E-state index is 12.8. The van der Waals surface area contributed by atoms with Crippen LogP contribution in [-0.2, 0) is 16.6 Å². The van der Waals surface area contributed by atoms with Crippen LogP contribution in [0.3, 0.4) is 0 Å². The van der Waals surface area contributed by atoms with Gasteiger partial charge in [0.2, 0.25) is 21.8 Å². The lowest BCUT2D eigenvalue weighted by molar-refractivity contribution is 0.386. The highest BCUT2D eigenvalue weighted by Crippen LogP contribution is 2.16. The molecule has 8 heteroatoms. The van der Waals surface area contributed by atoms with Crippen LogP contribution >= 0.6 is 0 Å². The predicted octanol–water partition coefficient (Wildman–Crippen LogP) is 1.34. The van der Waals surface area contributed by atoms with Gasteiger partial charge in [-0.1, -0.05) is 0 Å². The fraction of sp³-hybridized carbons (Fsp3) is 0.273. The molecule has 102 valence electrons. The van der Waals surface area contributed by atoms with E-state index in [-0.39, 0.29) is 17.3 Å². The van der Waals surface area contributed by atoms with Gasteiger partial charge in [0, 0.05) is 14.0 Å². The molecule has 0 aliphatic rings. The van der Waals surface area contributed by atoms with Crippen molar-refractivity contribution < 1.29 is 17.2 Å². The van der Waals surface area contributed by atoms with Crippen molar-refractivity contribution in [2.24, 2.45) is 0 Å². The van der Waals surface area contributed by atoms with Crippen LogP contribution in [0.1, 0.15) is 11.8 Å². The average Bonchev–Trinajstić information content (AvgIpc) is 2.75. The molecule has 0 fully saturated rings. The van der Waals surface area contributed by atoms with Gasteiger partial charge in [-0.25, -0.2) is 12.8 Å². The smallest absolute Gasteiger partial charge is 0.243 e. The maximum absolute atomic E-state index is 12.8. The second-order valence-electron chi connectivity index (χ2n) is 3.93. The van der Waals surface area contributed by atoms with E-state index in [9.17, 15) is 12.8 Å². The summed E-state index contributed by atoms with van der Waals surface area (Å²) in [7, 11) is -2.32. The molecule has 6 nitrogen and oxygen atoms in total. The number of hydrogen-bond acceptors (Lipinski definition) is 5. The minimum Gasteiger partial charge on any atom is -0.424 e. The largest absolute Gasteiger partial charge is 0.424 e. The lowest BCUT2D eigenvalue weighted by Crippen LogP contribution is -2.26. The molecule has 1 heterocycles. The van der Waals surface area contributed by atoms with E-state index in [0.717, 1.165) is 16.4 Å². The van der Waals surface area contributed by atoms with Gasteiger partial charge < -0.3 is 4.42 Å². The number of hydrogen-bond donors (Lipinski definition) is 0. The third kappa shape index (κ3) is 2.96. The lowest BCUT2D eigenvalue weighted by atomic mass is 10.4. The molecule has 1 aromatic carbocycles. The van der Waals surface area contributed by atoms with Gasteiger partial charge in [0.1, 0.15) is 5.82 Å². The number of sulfonamides is 1. The Bertz CT molecular complexity index is 667. The Kier molecular flexibility index (Phi) is 3.63. The Balaban J connectivity index is 2.21. The van der Waals surface area contributed by atoms with Crippen molar-refractivity contribution in [3.05, 3.63) is 41.9 Å². The summed E-state index contributed by atoms with van der Waals surface area (Å²) in [5.74, 6) is 0.0717. The Morgan fingerprint density at radius 2 is 1.89 bits per heavy atom. The minimum absolute atomic E-state index is 0.00707. The molecule has 0 aliphatic carbocycles. The number of nitrogens with zero attached hydrogens (tertiary/aromatic N) is 3. The predicted molar refractivity (Wildman–Crippen MR) is 64.1 cm³/mol. The van der Waals surface area contributed by atoms with Crippen LogP contribution in [0.5, 0.6) is 0 Å². The van der Waals surface area contributed by atoms with Crippen molar-refractivity contribution in [3.8, 4) is 0 Å². The van der Waals surface area contributed by atoms with Crippen molar-refractivity contribution in [3.63, 3.8) is 0 Å². The third-order valence-electron chi connectivity index (χ3n) is 2.45. The van der Waals surface area contributed by atoms with E-state index < -0.39 is 15.8 Å². The molecule has 19 heavy (non-hydrogen) atoms. The monoisotopic (exact) mass is 285 g/mol. The van der Waals surface area contributed by atoms with E-state index in [4.69, 9.17) is 4.42 Å². The molecule has 0 saturated heterocycles. The van der Waals surface area contributed by atoms with Gasteiger partial charge >= 0.3 is 0 Å². The van der Waals surface area contributed by atoms with Crippen LogP contribution in [0.25, 0.3) is 0 Å². The quantitative estimate of drug-likeness (QED) is 0.847. The van der Waals surface area contributed by atoms with Crippen LogP contribution in [0, 0.1) is 12.7 Å². The third-order valence-corrected chi connectivity index (χ3v) is 4.27. The van der Waals surface area contributed by atoms with Crippen LogP contribution in [0.2, 0.25) is 0 Å². The van der Waals surface area contributed by atoms with Crippen LogP contribution in [0.4, 0.5) is 4.39 Å². The number of halogens is 1. The molecule has 0 atom stereocenters. The van der Waals surface area contributed by atoms with Crippen molar-refractivity contribution in [1.82, 2.24) is 14.5 Å². The van der Waals surface area contributed by atoms with Gasteiger partial charge in [0.25, 0.3) is 0 Å². The van der Waals surface area contributed by atoms with Crippen molar-refractivity contribution in [2.75, 3.05) is 7.05 Å². The molecule has 0 amide bonds. The Labute approximate surface area is 109 Å². The summed E-state index contributed by atoms with van der Waals surface area (Å²) in [4.78, 5) is 0.00707. The molecular formula is C11H12FN3O3S. The SMILES string of the molecule is Cc1nnc(CN(C)S(=O)(=O)c2ccc(F)cc2)o1. The average molecular weight is 285 g/mol. The summed E-state index contributed by atoms with van der Waals surface area (Å²) >= 11 is 0. The standard InChI is InChI=1S/C11H12FN3O3S/c1-8-13-14-11(18-8)7-15(2)19(16,17)10-5-3-9(12)4-6-10/h3-6H,7H2,1-2H3. The first-order chi connectivity index (χ1) is 8.89. The summed E-state index contributed by atoms with van der Waals surface area (Å²) in [6, 6.07) is 4.61. The molecule has 1 aromatic heterocycles. The fourth-order valence-electron chi connectivity index (χ4n) is 1.46. The highest BCUT2D eigenvalue weighted by atomic mass is 32.2. The summed E-state index contributed by atoms with van der Waals surface area (Å²) in [5.41, 5.74) is 0. The number of rotatable bonds is 4. The van der Waals surface area contributed by atoms with E-state index in [1.165, 1.54) is 19.2 Å². The van der Waals surface area contributed by atoms with E-state index in [0.29, 0.717) is 5.89 Å². The van der Waals surface area contributed by atoms with Crippen molar-refractivity contribution >= 4 is 10.0 Å². The Morgan fingerprint density at radius 1 is 1.26 bits per heavy atom. The lowest BCUT2D eigenvalue weighted by Gasteiger charge is -2.14. The maximum Gasteiger partial charge on any atom is 0.243 e. The molecule has 0 unspecified atom stereocenters. The van der Waals surface area contributed by atoms with Crippen LogP contribution in [0.15, 0.2) is 33.6 Å². The molecule has 0 aliphatic heterocycles. The molecule has 2 rings (SSSR count). The molecule has 2 aromatic rings. The Morgan fingerprint density at radius 3 is 2.42 bits per heavy atom. The van der Waals surface area contributed by atoms with Gasteiger partial charge in [-0.2, -0.15) is 4.31 Å². The van der Waals surface area contributed by atoms with Gasteiger partial charge in [0.15, 0.2) is 0 Å². The zero-order valence-electron chi connectivity index (χ0n) is 10.4. The topological polar surface area (TPSA) is 76.3 Å². The van der Waals surface area contributed by atoms with E-state index in [1.807, 2.05) is 0 Å². The number of benzene rings is 1. The molecule has 0 spiro atoms. The molecule has 0 bridgehead atoms. The van der Waals surface area contributed by atoms with Crippen LogP contribution in [-0.4, -0.2) is 30.0 Å². The normalized spacial score (nSPS) is 12.0.